The molecule has 788 valence electrons. The van der Waals surface area contributed by atoms with E-state index < -0.39 is 194 Å². The molecule has 0 spiro atoms. The molecule has 12 N–H and O–H groups in total. The van der Waals surface area contributed by atoms with Gasteiger partial charge in [0.05, 0.1) is 92.3 Å². The minimum atomic E-state index is -2.98. The Morgan fingerprint density at radius 2 is 0.528 bits per heavy atom. The summed E-state index contributed by atoms with van der Waals surface area (Å²) >= 11 is 4.01. The van der Waals surface area contributed by atoms with Crippen LogP contribution in [0.1, 0.15) is 307 Å². The van der Waals surface area contributed by atoms with Crippen molar-refractivity contribution >= 4 is 116 Å². The molecule has 2 saturated carbocycles. The van der Waals surface area contributed by atoms with Crippen LogP contribution in [0.4, 0.5) is 58.4 Å². The van der Waals surface area contributed by atoms with Gasteiger partial charge in [-0.05, 0) is 264 Å². The fourth-order valence-electron chi connectivity index (χ4n) is 16.4. The Balaban J connectivity index is 0.000000183. The van der Waals surface area contributed by atoms with Gasteiger partial charge in [0, 0.05) is 121 Å². The van der Waals surface area contributed by atoms with Crippen LogP contribution in [0.2, 0.25) is 0 Å². The molecule has 0 unspecified atom stereocenters. The van der Waals surface area contributed by atoms with E-state index >= 15 is 0 Å². The van der Waals surface area contributed by atoms with Crippen LogP contribution in [0.15, 0.2) is 49.1 Å². The fourth-order valence-corrected chi connectivity index (χ4v) is 20.5. The maximum absolute atomic E-state index is 14.1. The van der Waals surface area contributed by atoms with Gasteiger partial charge in [0.2, 0.25) is 0 Å². The second kappa shape index (κ2) is 44.2. The molecule has 0 aromatic carbocycles. The highest BCUT2D eigenvalue weighted by Crippen LogP contribution is 2.46. The lowest BCUT2D eigenvalue weighted by atomic mass is 10.0. The Bertz CT molecular complexity index is 5680. The first kappa shape index (κ1) is 114. The summed E-state index contributed by atoms with van der Waals surface area (Å²) in [5.41, 5.74) is 0.691. The first-order valence-corrected chi connectivity index (χ1v) is 51.6. The molecular formula is C100H136F8N20O12S4. The highest BCUT2D eigenvalue weighted by Gasteiger charge is 2.52. The van der Waals surface area contributed by atoms with Gasteiger partial charge < -0.3 is 82.6 Å². The molecule has 44 heteroatoms. The topological polar surface area (TPSA) is 430 Å². The maximum atomic E-state index is 14.1. The predicted molar refractivity (Wildman–Crippen MR) is 543 cm³/mol. The Morgan fingerprint density at radius 1 is 0.340 bits per heavy atom. The first-order chi connectivity index (χ1) is 66.5. The van der Waals surface area contributed by atoms with Crippen molar-refractivity contribution in [2.45, 2.75) is 350 Å². The van der Waals surface area contributed by atoms with Crippen LogP contribution in [-0.4, -0.2) is 272 Å². The van der Waals surface area contributed by atoms with Gasteiger partial charge in [-0.2, -0.15) is 0 Å². The van der Waals surface area contributed by atoms with Crippen LogP contribution < -0.4 is 42.5 Å². The number of thiazole rings is 4. The number of alkyl halides is 8. The van der Waals surface area contributed by atoms with Crippen LogP contribution in [0, 0.1) is 39.5 Å². The molecule has 8 aromatic heterocycles. The number of hydrogen-bond donors (Lipinski definition) is 12. The van der Waals surface area contributed by atoms with Crippen molar-refractivity contribution in [2.75, 3.05) is 47.4 Å². The molecule has 2 aliphatic carbocycles. The molecule has 6 aliphatic rings. The number of hydrogen-bond acceptors (Lipinski definition) is 28. The minimum absolute atomic E-state index is 0.00171. The molecule has 0 radical (unpaired) electrons. The summed E-state index contributed by atoms with van der Waals surface area (Å²) < 4.78 is 112. The van der Waals surface area contributed by atoms with Gasteiger partial charge in [-0.25, -0.2) is 75.0 Å². The number of rotatable bonds is 30. The summed E-state index contributed by atoms with van der Waals surface area (Å²) in [6, 6.07) is 3.29. The number of aryl methyl sites for hydroxylation is 4. The molecule has 8 aromatic rings. The van der Waals surface area contributed by atoms with Crippen molar-refractivity contribution in [3.63, 3.8) is 0 Å². The first-order valence-electron chi connectivity index (χ1n) is 48.4. The predicted octanol–water partition coefficient (Wildman–Crippen LogP) is 17.2. The van der Waals surface area contributed by atoms with E-state index in [1.54, 1.807) is 136 Å². The zero-order chi connectivity index (χ0) is 107. The van der Waals surface area contributed by atoms with E-state index in [4.69, 9.17) is 0 Å². The fraction of sp³-hybridized carbons (Fsp3) is 0.600. The van der Waals surface area contributed by atoms with E-state index in [1.807, 2.05) is 79.7 Å². The molecular weight excluding hydrogens is 1950 g/mol. The quantitative estimate of drug-likeness (QED) is 0.0186. The third-order valence-corrected chi connectivity index (χ3v) is 30.9. The Hall–Kier alpha value is -10.6. The number of carbonyl (C=O) groups excluding carboxylic acids is 8. The largest absolute Gasteiger partial charge is 0.388 e. The highest BCUT2D eigenvalue weighted by molar-refractivity contribution is 7.18. The smallest absolute Gasteiger partial charge is 0.280 e. The molecule has 14 rings (SSSR count). The van der Waals surface area contributed by atoms with Crippen LogP contribution in [0.5, 0.6) is 0 Å². The van der Waals surface area contributed by atoms with Gasteiger partial charge in [-0.15, -0.1) is 45.3 Å². The maximum Gasteiger partial charge on any atom is 0.280 e. The van der Waals surface area contributed by atoms with Crippen LogP contribution >= 0.6 is 45.3 Å². The molecule has 10 atom stereocenters. The van der Waals surface area contributed by atoms with Crippen LogP contribution in [-0.2, 0) is 0 Å². The van der Waals surface area contributed by atoms with Gasteiger partial charge in [0.1, 0.15) is 46.0 Å². The molecule has 4 saturated heterocycles. The van der Waals surface area contributed by atoms with Gasteiger partial charge >= 0.3 is 0 Å². The third-order valence-electron chi connectivity index (χ3n) is 26.6. The summed E-state index contributed by atoms with van der Waals surface area (Å²) in [7, 11) is 0. The molecule has 32 nitrogen and oxygen atoms in total. The van der Waals surface area contributed by atoms with E-state index in [-0.39, 0.29) is 54.9 Å². The summed E-state index contributed by atoms with van der Waals surface area (Å²) in [6.07, 6.45) is 9.53. The van der Waals surface area contributed by atoms with E-state index in [0.29, 0.717) is 89.0 Å². The minimum Gasteiger partial charge on any atom is -0.388 e. The van der Waals surface area contributed by atoms with Gasteiger partial charge in [0.15, 0.2) is 20.0 Å². The lowest BCUT2D eigenvalue weighted by Crippen LogP contribution is -2.47. The van der Waals surface area contributed by atoms with Crippen molar-refractivity contribution in [1.82, 2.24) is 80.7 Å². The number of anilines is 4. The average molecular weight is 2090 g/mol. The zero-order valence-electron chi connectivity index (χ0n) is 86.3. The van der Waals surface area contributed by atoms with E-state index in [9.17, 15) is 93.9 Å². The van der Waals surface area contributed by atoms with E-state index in [1.165, 1.54) is 25.7 Å². The summed E-state index contributed by atoms with van der Waals surface area (Å²) in [5.74, 6) is -12.7. The number of aromatic nitrogens is 8. The summed E-state index contributed by atoms with van der Waals surface area (Å²) in [5, 5.41) is 64.9. The van der Waals surface area contributed by atoms with E-state index in [0.717, 1.165) is 87.2 Å². The standard InChI is InChI=1S/2C26H35F2N5O3S.2C24H33F2N5O3S/c2*1-13-9-19(30-15(3)17-7-8-17)29-11-18(13)21-20(24(35)33-12-26(27,28)10-14(33)2)32-23(37-21)22(34)31-16(4)25(5,6)36;2*1-12(2)28-17-8-13(3)16(10-27-17)19-18(22(33)31-11-24(25,26)9-14(31)4)30-21(35-19)20(32)29-15(5)23(6,7)34/h2*9,11,14-17,36H,7-8,10,12H2,1-6H3,(H,29,30)(H,31,34);2*8,10,12,14-15,34H,9,11H2,1-7H3,(H,27,28)(H,29,32)/t14-,15-,16+;14-,15-,16-;14-,15+;14-,15-/m0000/s1. The number of amides is 8. The van der Waals surface area contributed by atoms with Gasteiger partial charge in [0.25, 0.3) is 70.9 Å². The summed E-state index contributed by atoms with van der Waals surface area (Å²) in [6.45, 7) is 42.3. The van der Waals surface area contributed by atoms with Crippen molar-refractivity contribution in [2.24, 2.45) is 11.8 Å². The van der Waals surface area contributed by atoms with Gasteiger partial charge in [-0.3, -0.25) is 38.4 Å². The van der Waals surface area contributed by atoms with Crippen molar-refractivity contribution in [1.29, 1.82) is 0 Å². The number of aliphatic hydroxyl groups is 4. The lowest BCUT2D eigenvalue weighted by molar-refractivity contribution is 0.0115. The second-order valence-corrected chi connectivity index (χ2v) is 46.2. The number of pyridine rings is 4. The molecule has 0 bridgehead atoms. The van der Waals surface area contributed by atoms with Crippen molar-refractivity contribution < 1.29 is 93.9 Å². The molecule has 4 aliphatic heterocycles. The molecule has 144 heavy (non-hydrogen) atoms. The molecule has 12 heterocycles. The number of carbonyl (C=O) groups is 8. The number of nitrogens with one attached hydrogen (secondary N) is 8. The van der Waals surface area contributed by atoms with Crippen LogP contribution in [0.25, 0.3) is 41.8 Å². The Morgan fingerprint density at radius 3 is 0.681 bits per heavy atom. The van der Waals surface area contributed by atoms with Crippen molar-refractivity contribution in [3.8, 4) is 41.8 Å². The average Bonchev–Trinajstić information content (AvgIpc) is 1.63. The van der Waals surface area contributed by atoms with Crippen molar-refractivity contribution in [3.05, 3.63) is 114 Å². The number of nitrogens with zero attached hydrogens (tertiary/aromatic N) is 12. The van der Waals surface area contributed by atoms with Gasteiger partial charge in [-0.1, -0.05) is 0 Å². The monoisotopic (exact) mass is 2090 g/mol. The number of likely N-dealkylation sites (tertiary alicyclic amines) is 4. The molecule has 8 amide bonds. The van der Waals surface area contributed by atoms with E-state index in [2.05, 4.69) is 96.3 Å². The SMILES string of the molecule is Cc1cc(NC(C)C)ncc1-c1sc(C(=O)N[C@@H](C)C(C)(C)O)nc1C(=O)N1CC(F)(F)C[C@@H]1C.Cc1cc(NC(C)C)ncc1-c1sc(C(=O)N[C@H](C)C(C)(C)O)nc1C(=O)N1CC(F)(F)C[C@@H]1C.Cc1cc(N[C@@H](C)C2CC2)ncc1-c1sc(C(=O)N[C@@H](C)C(C)(C)O)nc1C(=O)N1CC(F)(F)C[C@@H]1C.Cc1cc(N[C@@H](C)C2CC2)ncc1-c1sc(C(=O)N[C@H](C)C(C)(C)O)nc1C(=O)N1CC(F)(F)C[C@@H]1C. The number of halogens is 8. The second-order valence-electron chi connectivity index (χ2n) is 42.2. The Kier molecular flexibility index (Phi) is 34.9. The third kappa shape index (κ3) is 28.6. The summed E-state index contributed by atoms with van der Waals surface area (Å²) in [4.78, 5) is 147. The van der Waals surface area contributed by atoms with Crippen LogP contribution in [0.3, 0.4) is 0 Å². The normalized spacial score (nSPS) is 19.8. The molecule has 6 fully saturated rings. The zero-order valence-corrected chi connectivity index (χ0v) is 89.5. The highest BCUT2D eigenvalue weighted by atomic mass is 32.1. The Labute approximate surface area is 850 Å². The lowest BCUT2D eigenvalue weighted by Gasteiger charge is -2.26.